The van der Waals surface area contributed by atoms with Crippen LogP contribution in [0.25, 0.3) is 0 Å². The van der Waals surface area contributed by atoms with Crippen LogP contribution in [-0.4, -0.2) is 22.5 Å². The Labute approximate surface area is 127 Å². The van der Waals surface area contributed by atoms with Crippen molar-refractivity contribution < 1.29 is 9.32 Å². The van der Waals surface area contributed by atoms with Crippen LogP contribution in [0.15, 0.2) is 28.8 Å². The molecule has 0 bridgehead atoms. The summed E-state index contributed by atoms with van der Waals surface area (Å²) in [7, 11) is 0. The zero-order valence-electron chi connectivity index (χ0n) is 11.7. The minimum atomic E-state index is -0.121. The molecule has 2 aromatic rings. The number of anilines is 1. The number of hydrogen-bond acceptors (Lipinski definition) is 4. The summed E-state index contributed by atoms with van der Waals surface area (Å²) < 4.78 is 5.32. The van der Waals surface area contributed by atoms with Gasteiger partial charge < -0.3 is 15.2 Å². The van der Waals surface area contributed by atoms with Crippen molar-refractivity contribution in [2.75, 3.05) is 12.3 Å². The van der Waals surface area contributed by atoms with Gasteiger partial charge in [-0.25, -0.2) is 0 Å². The molecular formula is C15H16ClN3O2. The van der Waals surface area contributed by atoms with Crippen molar-refractivity contribution in [1.82, 2.24) is 10.1 Å². The van der Waals surface area contributed by atoms with E-state index in [9.17, 15) is 4.79 Å². The maximum absolute atomic E-state index is 12.7. The molecule has 1 fully saturated rings. The van der Waals surface area contributed by atoms with Crippen LogP contribution in [-0.2, 0) is 0 Å². The highest BCUT2D eigenvalue weighted by atomic mass is 35.5. The predicted octanol–water partition coefficient (Wildman–Crippen LogP) is 3.20. The Balaban J connectivity index is 1.91. The van der Waals surface area contributed by atoms with Crippen LogP contribution in [0.5, 0.6) is 0 Å². The molecule has 1 aliphatic heterocycles. The minimum Gasteiger partial charge on any atom is -0.398 e. The molecule has 1 atom stereocenters. The van der Waals surface area contributed by atoms with E-state index in [0.29, 0.717) is 22.8 Å². The maximum Gasteiger partial charge on any atom is 0.256 e. The number of carbonyl (C=O) groups is 1. The summed E-state index contributed by atoms with van der Waals surface area (Å²) in [5.41, 5.74) is 7.43. The quantitative estimate of drug-likeness (QED) is 0.865. The number of halogens is 1. The van der Waals surface area contributed by atoms with Crippen molar-refractivity contribution in [1.29, 1.82) is 0 Å². The van der Waals surface area contributed by atoms with E-state index in [1.54, 1.807) is 23.1 Å². The smallest absolute Gasteiger partial charge is 0.256 e. The molecule has 1 aromatic carbocycles. The molecule has 0 spiro atoms. The summed E-state index contributed by atoms with van der Waals surface area (Å²) >= 11 is 6.16. The number of rotatable bonds is 2. The minimum absolute atomic E-state index is 0.0869. The Morgan fingerprint density at radius 3 is 3.05 bits per heavy atom. The summed E-state index contributed by atoms with van der Waals surface area (Å²) in [6.45, 7) is 2.54. The topological polar surface area (TPSA) is 72.4 Å². The van der Waals surface area contributed by atoms with Crippen LogP contribution >= 0.6 is 11.6 Å². The van der Waals surface area contributed by atoms with Crippen molar-refractivity contribution in [2.45, 2.75) is 25.8 Å². The molecular weight excluding hydrogens is 290 g/mol. The first-order valence-electron chi connectivity index (χ1n) is 6.86. The Kier molecular flexibility index (Phi) is 3.59. The van der Waals surface area contributed by atoms with E-state index in [4.69, 9.17) is 21.9 Å². The standard InChI is InChI=1S/C15H16ClN3O2/c1-9-8-13(21-18-9)12-6-3-7-19(12)15(20)10-4-2-5-11(17)14(10)16/h2,4-5,8,12H,3,6-7,17H2,1H3. The highest BCUT2D eigenvalue weighted by Gasteiger charge is 2.34. The average Bonchev–Trinajstić information content (AvgIpc) is 3.09. The van der Waals surface area contributed by atoms with Crippen molar-refractivity contribution in [3.63, 3.8) is 0 Å². The normalized spacial score (nSPS) is 18.2. The van der Waals surface area contributed by atoms with Crippen molar-refractivity contribution >= 4 is 23.2 Å². The van der Waals surface area contributed by atoms with Crippen LogP contribution in [0.2, 0.25) is 5.02 Å². The lowest BCUT2D eigenvalue weighted by Crippen LogP contribution is -2.30. The highest BCUT2D eigenvalue weighted by Crippen LogP contribution is 2.35. The number of hydrogen-bond donors (Lipinski definition) is 1. The molecule has 1 saturated heterocycles. The second-order valence-corrected chi connectivity index (χ2v) is 5.61. The highest BCUT2D eigenvalue weighted by molar-refractivity contribution is 6.36. The third kappa shape index (κ3) is 2.49. The number of nitrogens with two attached hydrogens (primary N) is 1. The molecule has 3 rings (SSSR count). The monoisotopic (exact) mass is 305 g/mol. The van der Waals surface area contributed by atoms with Gasteiger partial charge in [0.2, 0.25) is 0 Å². The van der Waals surface area contributed by atoms with Gasteiger partial charge in [-0.1, -0.05) is 22.8 Å². The number of aryl methyl sites for hydroxylation is 1. The molecule has 1 amide bonds. The van der Waals surface area contributed by atoms with E-state index in [2.05, 4.69) is 5.16 Å². The molecule has 1 aliphatic rings. The van der Waals surface area contributed by atoms with Gasteiger partial charge in [0.05, 0.1) is 28.0 Å². The van der Waals surface area contributed by atoms with Crippen LogP contribution in [0.3, 0.4) is 0 Å². The lowest BCUT2D eigenvalue weighted by molar-refractivity contribution is 0.0715. The molecule has 2 N–H and O–H groups in total. The predicted molar refractivity (Wildman–Crippen MR) is 80.1 cm³/mol. The van der Waals surface area contributed by atoms with Gasteiger partial charge in [0.1, 0.15) is 0 Å². The number of nitrogen functional groups attached to an aromatic ring is 1. The molecule has 21 heavy (non-hydrogen) atoms. The molecule has 1 unspecified atom stereocenters. The van der Waals surface area contributed by atoms with E-state index >= 15 is 0 Å². The fourth-order valence-electron chi connectivity index (χ4n) is 2.72. The van der Waals surface area contributed by atoms with Crippen LogP contribution in [0, 0.1) is 6.92 Å². The second-order valence-electron chi connectivity index (χ2n) is 5.24. The third-order valence-corrected chi connectivity index (χ3v) is 4.17. The summed E-state index contributed by atoms with van der Waals surface area (Å²) in [6, 6.07) is 6.90. The van der Waals surface area contributed by atoms with Crippen LogP contribution in [0.4, 0.5) is 5.69 Å². The molecule has 1 aromatic heterocycles. The van der Waals surface area contributed by atoms with E-state index in [1.165, 1.54) is 0 Å². The number of aromatic nitrogens is 1. The molecule has 2 heterocycles. The van der Waals surface area contributed by atoms with Crippen molar-refractivity contribution in [3.8, 4) is 0 Å². The Bertz CT molecular complexity index is 683. The second kappa shape index (κ2) is 5.41. The first-order chi connectivity index (χ1) is 10.1. The van der Waals surface area contributed by atoms with Crippen molar-refractivity contribution in [3.05, 3.63) is 46.3 Å². The lowest BCUT2D eigenvalue weighted by Gasteiger charge is -2.23. The van der Waals surface area contributed by atoms with Gasteiger partial charge in [0, 0.05) is 12.6 Å². The summed E-state index contributed by atoms with van der Waals surface area (Å²) in [5.74, 6) is 0.599. The summed E-state index contributed by atoms with van der Waals surface area (Å²) in [5, 5.41) is 4.21. The molecule has 0 saturated carbocycles. The summed E-state index contributed by atoms with van der Waals surface area (Å²) in [4.78, 5) is 14.5. The number of carbonyl (C=O) groups excluding carboxylic acids is 1. The van der Waals surface area contributed by atoms with E-state index in [-0.39, 0.29) is 11.9 Å². The fraction of sp³-hybridized carbons (Fsp3) is 0.333. The fourth-order valence-corrected chi connectivity index (χ4v) is 2.92. The molecule has 0 aliphatic carbocycles. The van der Waals surface area contributed by atoms with Gasteiger partial charge in [-0.05, 0) is 31.9 Å². The maximum atomic E-state index is 12.7. The number of nitrogens with zero attached hydrogens (tertiary/aromatic N) is 2. The van der Waals surface area contributed by atoms with Crippen molar-refractivity contribution in [2.24, 2.45) is 0 Å². The number of benzene rings is 1. The van der Waals surface area contributed by atoms with Gasteiger partial charge >= 0.3 is 0 Å². The van der Waals surface area contributed by atoms with Gasteiger partial charge in [0.15, 0.2) is 5.76 Å². The van der Waals surface area contributed by atoms with E-state index in [0.717, 1.165) is 24.3 Å². The van der Waals surface area contributed by atoms with E-state index in [1.807, 2.05) is 13.0 Å². The zero-order chi connectivity index (χ0) is 15.0. The average molecular weight is 306 g/mol. The zero-order valence-corrected chi connectivity index (χ0v) is 12.4. The van der Waals surface area contributed by atoms with Gasteiger partial charge in [-0.15, -0.1) is 0 Å². The largest absolute Gasteiger partial charge is 0.398 e. The van der Waals surface area contributed by atoms with Crippen LogP contribution in [0.1, 0.15) is 40.7 Å². The van der Waals surface area contributed by atoms with Gasteiger partial charge in [-0.3, -0.25) is 4.79 Å². The number of likely N-dealkylation sites (tertiary alicyclic amines) is 1. The lowest BCUT2D eigenvalue weighted by atomic mass is 10.1. The summed E-state index contributed by atoms with van der Waals surface area (Å²) in [6.07, 6.45) is 1.79. The third-order valence-electron chi connectivity index (χ3n) is 3.75. The Morgan fingerprint density at radius 2 is 2.33 bits per heavy atom. The SMILES string of the molecule is Cc1cc(C2CCCN2C(=O)c2cccc(N)c2Cl)on1. The molecule has 0 radical (unpaired) electrons. The number of amides is 1. The Hall–Kier alpha value is -2.01. The first-order valence-corrected chi connectivity index (χ1v) is 7.24. The molecule has 110 valence electrons. The van der Waals surface area contributed by atoms with Gasteiger partial charge in [-0.2, -0.15) is 0 Å². The van der Waals surface area contributed by atoms with Crippen LogP contribution < -0.4 is 5.73 Å². The first kappa shape index (κ1) is 13.9. The molecule has 5 nitrogen and oxygen atoms in total. The Morgan fingerprint density at radius 1 is 1.52 bits per heavy atom. The van der Waals surface area contributed by atoms with E-state index < -0.39 is 0 Å². The molecule has 6 heteroatoms. The van der Waals surface area contributed by atoms with Gasteiger partial charge in [0.25, 0.3) is 5.91 Å².